The number of aromatic nitrogens is 1. The Morgan fingerprint density at radius 1 is 1.52 bits per heavy atom. The second-order valence-corrected chi connectivity index (χ2v) is 6.15. The van der Waals surface area contributed by atoms with E-state index in [2.05, 4.69) is 31.5 Å². The van der Waals surface area contributed by atoms with E-state index in [-0.39, 0.29) is 22.0 Å². The lowest BCUT2D eigenvalue weighted by atomic mass is 10.2. The molecule has 0 atom stereocenters. The number of thiazole rings is 1. The van der Waals surface area contributed by atoms with Gasteiger partial charge in [0.1, 0.15) is 16.5 Å². The molecule has 5 nitrogen and oxygen atoms in total. The third-order valence-electron chi connectivity index (χ3n) is 2.70. The van der Waals surface area contributed by atoms with Gasteiger partial charge in [-0.2, -0.15) is 0 Å². The first-order valence-electron chi connectivity index (χ1n) is 6.19. The molecule has 0 unspecified atom stereocenters. The second-order valence-electron chi connectivity index (χ2n) is 4.30. The molecule has 8 heteroatoms. The van der Waals surface area contributed by atoms with E-state index in [1.807, 2.05) is 6.92 Å². The smallest absolute Gasteiger partial charge is 0.269 e. The number of nitrogen functional groups attached to an aromatic ring is 1. The summed E-state index contributed by atoms with van der Waals surface area (Å²) in [5.41, 5.74) is 6.89. The van der Waals surface area contributed by atoms with Crippen LogP contribution in [0.3, 0.4) is 0 Å². The highest BCUT2D eigenvalue weighted by Crippen LogP contribution is 2.28. The van der Waals surface area contributed by atoms with E-state index in [9.17, 15) is 9.18 Å². The molecule has 0 saturated carbocycles. The van der Waals surface area contributed by atoms with Gasteiger partial charge >= 0.3 is 0 Å². The number of hydrogen-bond donors (Lipinski definition) is 3. The minimum atomic E-state index is -0.378. The molecule has 0 aliphatic rings. The van der Waals surface area contributed by atoms with Crippen LogP contribution in [-0.4, -0.2) is 17.4 Å². The number of halogens is 2. The zero-order chi connectivity index (χ0) is 15.6. The Morgan fingerprint density at radius 2 is 2.24 bits per heavy atom. The molecule has 4 N–H and O–H groups in total. The number of nitrogens with two attached hydrogens (primary N) is 1. The molecule has 21 heavy (non-hydrogen) atoms. The SMILES string of the molecule is CCNc1nc(N)c(C(=O)Nc2cc(Br)c(F)cc2C)s1. The van der Waals surface area contributed by atoms with E-state index >= 15 is 0 Å². The van der Waals surface area contributed by atoms with Crippen molar-refractivity contribution in [3.8, 4) is 0 Å². The van der Waals surface area contributed by atoms with Crippen molar-refractivity contribution in [3.63, 3.8) is 0 Å². The van der Waals surface area contributed by atoms with Crippen LogP contribution in [0.15, 0.2) is 16.6 Å². The van der Waals surface area contributed by atoms with Crippen LogP contribution in [0.1, 0.15) is 22.2 Å². The van der Waals surface area contributed by atoms with Gasteiger partial charge in [-0.15, -0.1) is 0 Å². The van der Waals surface area contributed by atoms with Gasteiger partial charge in [-0.25, -0.2) is 9.37 Å². The van der Waals surface area contributed by atoms with Gasteiger partial charge in [-0.1, -0.05) is 11.3 Å². The normalized spacial score (nSPS) is 10.5. The maximum atomic E-state index is 13.4. The molecule has 1 aromatic carbocycles. The number of rotatable bonds is 4. The van der Waals surface area contributed by atoms with E-state index in [0.29, 0.717) is 27.8 Å². The number of nitrogens with one attached hydrogen (secondary N) is 2. The van der Waals surface area contributed by atoms with Gasteiger partial charge in [0.15, 0.2) is 5.13 Å². The number of anilines is 3. The van der Waals surface area contributed by atoms with E-state index in [1.54, 1.807) is 6.92 Å². The summed E-state index contributed by atoms with van der Waals surface area (Å²) in [7, 11) is 0. The maximum Gasteiger partial charge on any atom is 0.269 e. The van der Waals surface area contributed by atoms with Gasteiger partial charge in [-0.05, 0) is 47.5 Å². The fourth-order valence-corrected chi connectivity index (χ4v) is 2.87. The first kappa shape index (κ1) is 15.7. The topological polar surface area (TPSA) is 80.0 Å². The molecule has 0 bridgehead atoms. The molecular weight excluding hydrogens is 359 g/mol. The molecule has 1 heterocycles. The summed E-state index contributed by atoms with van der Waals surface area (Å²) < 4.78 is 13.7. The Hall–Kier alpha value is -1.67. The minimum Gasteiger partial charge on any atom is -0.382 e. The third kappa shape index (κ3) is 3.51. The number of nitrogens with zero attached hydrogens (tertiary/aromatic N) is 1. The Kier molecular flexibility index (Phi) is 4.79. The second kappa shape index (κ2) is 6.40. The van der Waals surface area contributed by atoms with Crippen LogP contribution >= 0.6 is 27.3 Å². The molecule has 0 saturated heterocycles. The lowest BCUT2D eigenvalue weighted by Crippen LogP contribution is -2.13. The average molecular weight is 373 g/mol. The van der Waals surface area contributed by atoms with Crippen LogP contribution in [0.5, 0.6) is 0 Å². The summed E-state index contributed by atoms with van der Waals surface area (Å²) in [6.45, 7) is 4.33. The summed E-state index contributed by atoms with van der Waals surface area (Å²) in [5, 5.41) is 6.32. The van der Waals surface area contributed by atoms with E-state index < -0.39 is 0 Å². The van der Waals surface area contributed by atoms with Crippen LogP contribution in [0.2, 0.25) is 0 Å². The van der Waals surface area contributed by atoms with Crippen molar-refractivity contribution in [2.75, 3.05) is 22.9 Å². The number of carbonyl (C=O) groups is 1. The number of hydrogen-bond acceptors (Lipinski definition) is 5. The van der Waals surface area contributed by atoms with Crippen LogP contribution in [-0.2, 0) is 0 Å². The van der Waals surface area contributed by atoms with Gasteiger partial charge in [0.2, 0.25) is 0 Å². The molecular formula is C13H14BrFN4OS. The largest absolute Gasteiger partial charge is 0.382 e. The molecule has 0 spiro atoms. The Labute approximate surface area is 133 Å². The Balaban J connectivity index is 2.24. The molecule has 0 radical (unpaired) electrons. The Morgan fingerprint density at radius 3 is 2.90 bits per heavy atom. The summed E-state index contributed by atoms with van der Waals surface area (Å²) in [5.74, 6) is -0.569. The molecule has 1 aromatic heterocycles. The van der Waals surface area contributed by atoms with Gasteiger partial charge in [0, 0.05) is 12.2 Å². The Bertz CT molecular complexity index is 689. The standard InChI is InChI=1S/C13H14BrFN4OS/c1-3-17-13-19-11(16)10(21-13)12(20)18-9-5-7(14)8(15)4-6(9)2/h4-5H,3,16H2,1-2H3,(H,17,19)(H,18,20). The molecule has 2 aromatic rings. The third-order valence-corrected chi connectivity index (χ3v) is 4.34. The molecule has 1 amide bonds. The van der Waals surface area contributed by atoms with Gasteiger partial charge in [0.05, 0.1) is 4.47 Å². The van der Waals surface area contributed by atoms with Crippen molar-refractivity contribution in [2.24, 2.45) is 0 Å². The summed E-state index contributed by atoms with van der Waals surface area (Å²) in [6, 6.07) is 2.87. The maximum absolute atomic E-state index is 13.4. The lowest BCUT2D eigenvalue weighted by molar-refractivity contribution is 0.103. The van der Waals surface area contributed by atoms with Crippen molar-refractivity contribution in [3.05, 3.63) is 32.9 Å². The fourth-order valence-electron chi connectivity index (χ4n) is 1.68. The number of aryl methyl sites for hydroxylation is 1. The quantitative estimate of drug-likeness (QED) is 0.765. The van der Waals surface area contributed by atoms with Gasteiger partial charge in [-0.3, -0.25) is 4.79 Å². The molecule has 112 valence electrons. The van der Waals surface area contributed by atoms with Crippen molar-refractivity contribution in [1.82, 2.24) is 4.98 Å². The summed E-state index contributed by atoms with van der Waals surface area (Å²) in [6.07, 6.45) is 0. The minimum absolute atomic E-state index is 0.173. The highest BCUT2D eigenvalue weighted by Gasteiger charge is 2.17. The van der Waals surface area contributed by atoms with Crippen LogP contribution in [0.4, 0.5) is 21.0 Å². The van der Waals surface area contributed by atoms with Crippen molar-refractivity contribution in [2.45, 2.75) is 13.8 Å². The predicted molar refractivity (Wildman–Crippen MR) is 87.5 cm³/mol. The lowest BCUT2D eigenvalue weighted by Gasteiger charge is -2.08. The predicted octanol–water partition coefficient (Wildman–Crippen LogP) is 3.62. The molecule has 0 aliphatic carbocycles. The van der Waals surface area contributed by atoms with Crippen LogP contribution in [0.25, 0.3) is 0 Å². The average Bonchev–Trinajstić information content (AvgIpc) is 2.77. The van der Waals surface area contributed by atoms with Gasteiger partial charge < -0.3 is 16.4 Å². The van der Waals surface area contributed by atoms with Crippen molar-refractivity contribution >= 4 is 49.8 Å². The van der Waals surface area contributed by atoms with Crippen LogP contribution < -0.4 is 16.4 Å². The van der Waals surface area contributed by atoms with Crippen molar-refractivity contribution < 1.29 is 9.18 Å². The number of carbonyl (C=O) groups excluding carboxylic acids is 1. The number of benzene rings is 1. The summed E-state index contributed by atoms with van der Waals surface area (Å²) in [4.78, 5) is 16.6. The van der Waals surface area contributed by atoms with Gasteiger partial charge in [0.25, 0.3) is 5.91 Å². The summed E-state index contributed by atoms with van der Waals surface area (Å²) >= 11 is 4.27. The number of amides is 1. The molecule has 0 fully saturated rings. The molecule has 0 aliphatic heterocycles. The van der Waals surface area contributed by atoms with E-state index in [1.165, 1.54) is 23.5 Å². The monoisotopic (exact) mass is 372 g/mol. The van der Waals surface area contributed by atoms with E-state index in [0.717, 1.165) is 0 Å². The highest BCUT2D eigenvalue weighted by atomic mass is 79.9. The molecule has 2 rings (SSSR count). The van der Waals surface area contributed by atoms with Crippen molar-refractivity contribution in [1.29, 1.82) is 0 Å². The first-order valence-corrected chi connectivity index (χ1v) is 7.80. The van der Waals surface area contributed by atoms with Crippen LogP contribution in [0, 0.1) is 12.7 Å². The highest BCUT2D eigenvalue weighted by molar-refractivity contribution is 9.10. The zero-order valence-corrected chi connectivity index (χ0v) is 13.9. The fraction of sp³-hybridized carbons (Fsp3) is 0.231. The zero-order valence-electron chi connectivity index (χ0n) is 11.5. The van der Waals surface area contributed by atoms with E-state index in [4.69, 9.17) is 5.73 Å². The first-order chi connectivity index (χ1) is 9.92.